The van der Waals surface area contributed by atoms with E-state index in [-0.39, 0.29) is 5.91 Å². The molecule has 1 aliphatic carbocycles. The molecule has 4 nitrogen and oxygen atoms in total. The van der Waals surface area contributed by atoms with Gasteiger partial charge in [-0.3, -0.25) is 9.78 Å². The Kier molecular flexibility index (Phi) is 3.40. The maximum atomic E-state index is 11.9. The van der Waals surface area contributed by atoms with Gasteiger partial charge in [0.2, 0.25) is 5.91 Å². The van der Waals surface area contributed by atoms with Gasteiger partial charge in [-0.05, 0) is 37.3 Å². The first-order chi connectivity index (χ1) is 9.69. The van der Waals surface area contributed by atoms with E-state index >= 15 is 0 Å². The predicted molar refractivity (Wildman–Crippen MR) is 79.2 cm³/mol. The molecule has 1 heterocycles. The SMILES string of the molecule is NC1(C(=O)NCCc2cccc3cccnc23)CCC1. The fourth-order valence-electron chi connectivity index (χ4n) is 2.64. The molecular formula is C16H19N3O. The molecule has 0 saturated heterocycles. The summed E-state index contributed by atoms with van der Waals surface area (Å²) in [6.45, 7) is 0.605. The molecular weight excluding hydrogens is 250 g/mol. The highest BCUT2D eigenvalue weighted by Gasteiger charge is 2.39. The number of para-hydroxylation sites is 1. The molecule has 1 amide bonds. The molecule has 3 N–H and O–H groups in total. The molecule has 0 aliphatic heterocycles. The fraction of sp³-hybridized carbons (Fsp3) is 0.375. The molecule has 1 aromatic carbocycles. The number of carbonyl (C=O) groups excluding carboxylic acids is 1. The molecule has 1 aromatic heterocycles. The Hall–Kier alpha value is -1.94. The van der Waals surface area contributed by atoms with Crippen LogP contribution in [-0.2, 0) is 11.2 Å². The number of amides is 1. The van der Waals surface area contributed by atoms with Gasteiger partial charge < -0.3 is 11.1 Å². The maximum Gasteiger partial charge on any atom is 0.240 e. The van der Waals surface area contributed by atoms with E-state index in [2.05, 4.69) is 16.4 Å². The van der Waals surface area contributed by atoms with Crippen molar-refractivity contribution in [1.29, 1.82) is 0 Å². The quantitative estimate of drug-likeness (QED) is 0.889. The summed E-state index contributed by atoms with van der Waals surface area (Å²) in [7, 11) is 0. The van der Waals surface area contributed by atoms with Crippen LogP contribution in [0.3, 0.4) is 0 Å². The average Bonchev–Trinajstić information content (AvgIpc) is 2.45. The van der Waals surface area contributed by atoms with Gasteiger partial charge in [-0.25, -0.2) is 0 Å². The number of rotatable bonds is 4. The van der Waals surface area contributed by atoms with E-state index in [1.807, 2.05) is 24.3 Å². The van der Waals surface area contributed by atoms with Gasteiger partial charge in [0.15, 0.2) is 0 Å². The van der Waals surface area contributed by atoms with Crippen molar-refractivity contribution in [2.24, 2.45) is 5.73 Å². The van der Waals surface area contributed by atoms with Crippen molar-refractivity contribution < 1.29 is 4.79 Å². The molecule has 0 bridgehead atoms. The Morgan fingerprint density at radius 3 is 2.85 bits per heavy atom. The molecule has 0 atom stereocenters. The van der Waals surface area contributed by atoms with Crippen LogP contribution >= 0.6 is 0 Å². The monoisotopic (exact) mass is 269 g/mol. The van der Waals surface area contributed by atoms with Gasteiger partial charge in [0.25, 0.3) is 0 Å². The zero-order chi connectivity index (χ0) is 14.0. The minimum atomic E-state index is -0.614. The lowest BCUT2D eigenvalue weighted by Gasteiger charge is -2.36. The van der Waals surface area contributed by atoms with Crippen molar-refractivity contribution in [3.05, 3.63) is 42.1 Å². The fourth-order valence-corrected chi connectivity index (χ4v) is 2.64. The van der Waals surface area contributed by atoms with Crippen molar-refractivity contribution in [3.63, 3.8) is 0 Å². The lowest BCUT2D eigenvalue weighted by molar-refractivity contribution is -0.129. The van der Waals surface area contributed by atoms with Crippen LogP contribution < -0.4 is 11.1 Å². The number of nitrogens with one attached hydrogen (secondary N) is 1. The van der Waals surface area contributed by atoms with E-state index in [0.717, 1.165) is 42.1 Å². The molecule has 1 aliphatic rings. The normalized spacial score (nSPS) is 16.6. The number of pyridine rings is 1. The summed E-state index contributed by atoms with van der Waals surface area (Å²) in [6, 6.07) is 10.1. The molecule has 0 radical (unpaired) electrons. The summed E-state index contributed by atoms with van der Waals surface area (Å²) < 4.78 is 0. The standard InChI is InChI=1S/C16H19N3O/c17-16(8-3-9-16)15(20)19-11-7-13-5-1-4-12-6-2-10-18-14(12)13/h1-2,4-6,10H,3,7-9,11,17H2,(H,19,20). The van der Waals surface area contributed by atoms with Crippen molar-refractivity contribution in [2.45, 2.75) is 31.2 Å². The Labute approximate surface area is 118 Å². The highest BCUT2D eigenvalue weighted by Crippen LogP contribution is 2.29. The van der Waals surface area contributed by atoms with E-state index in [1.165, 1.54) is 0 Å². The second-order valence-corrected chi connectivity index (χ2v) is 5.51. The number of carbonyl (C=O) groups is 1. The third kappa shape index (κ3) is 2.39. The maximum absolute atomic E-state index is 11.9. The summed E-state index contributed by atoms with van der Waals surface area (Å²) in [5.41, 5.74) is 7.54. The molecule has 2 aromatic rings. The number of nitrogens with two attached hydrogens (primary N) is 1. The van der Waals surface area contributed by atoms with Crippen LogP contribution in [0.25, 0.3) is 10.9 Å². The first kappa shape index (κ1) is 13.1. The minimum absolute atomic E-state index is 0.0167. The largest absolute Gasteiger partial charge is 0.354 e. The molecule has 1 fully saturated rings. The number of nitrogens with zero attached hydrogens (tertiary/aromatic N) is 1. The van der Waals surface area contributed by atoms with Crippen molar-refractivity contribution in [3.8, 4) is 0 Å². The summed E-state index contributed by atoms with van der Waals surface area (Å²) in [6.07, 6.45) is 5.23. The van der Waals surface area contributed by atoms with E-state index in [9.17, 15) is 4.79 Å². The first-order valence-corrected chi connectivity index (χ1v) is 7.09. The van der Waals surface area contributed by atoms with Crippen molar-refractivity contribution >= 4 is 16.8 Å². The van der Waals surface area contributed by atoms with Gasteiger partial charge in [0.05, 0.1) is 11.1 Å². The number of fused-ring (bicyclic) bond motifs is 1. The van der Waals surface area contributed by atoms with Crippen LogP contribution in [0.1, 0.15) is 24.8 Å². The second kappa shape index (κ2) is 5.21. The van der Waals surface area contributed by atoms with Gasteiger partial charge in [0.1, 0.15) is 0 Å². The van der Waals surface area contributed by atoms with Crippen LogP contribution in [-0.4, -0.2) is 23.0 Å². The predicted octanol–water partition coefficient (Wildman–Crippen LogP) is 1.77. The second-order valence-electron chi connectivity index (χ2n) is 5.51. The Bertz CT molecular complexity index is 629. The molecule has 3 rings (SSSR count). The zero-order valence-corrected chi connectivity index (χ0v) is 11.4. The third-order valence-electron chi connectivity index (χ3n) is 4.09. The molecule has 4 heteroatoms. The number of aromatic nitrogens is 1. The Morgan fingerprint density at radius 1 is 1.30 bits per heavy atom. The van der Waals surface area contributed by atoms with Gasteiger partial charge in [-0.15, -0.1) is 0 Å². The Balaban J connectivity index is 1.64. The van der Waals surface area contributed by atoms with E-state index in [0.29, 0.717) is 6.54 Å². The van der Waals surface area contributed by atoms with Crippen LogP contribution in [0.5, 0.6) is 0 Å². The average molecular weight is 269 g/mol. The highest BCUT2D eigenvalue weighted by atomic mass is 16.2. The summed E-state index contributed by atoms with van der Waals surface area (Å²) >= 11 is 0. The van der Waals surface area contributed by atoms with Crippen LogP contribution in [0.2, 0.25) is 0 Å². The number of hydrogen-bond acceptors (Lipinski definition) is 3. The zero-order valence-electron chi connectivity index (χ0n) is 11.4. The summed E-state index contributed by atoms with van der Waals surface area (Å²) in [4.78, 5) is 16.4. The van der Waals surface area contributed by atoms with Crippen molar-refractivity contribution in [1.82, 2.24) is 10.3 Å². The minimum Gasteiger partial charge on any atom is -0.354 e. The first-order valence-electron chi connectivity index (χ1n) is 7.09. The molecule has 20 heavy (non-hydrogen) atoms. The number of benzene rings is 1. The lowest BCUT2D eigenvalue weighted by atomic mass is 9.77. The van der Waals surface area contributed by atoms with E-state index in [1.54, 1.807) is 6.20 Å². The van der Waals surface area contributed by atoms with E-state index in [4.69, 9.17) is 5.73 Å². The van der Waals surface area contributed by atoms with Gasteiger partial charge in [0, 0.05) is 18.1 Å². The smallest absolute Gasteiger partial charge is 0.240 e. The topological polar surface area (TPSA) is 68.0 Å². The van der Waals surface area contributed by atoms with Crippen molar-refractivity contribution in [2.75, 3.05) is 6.54 Å². The van der Waals surface area contributed by atoms with Crippen LogP contribution in [0.4, 0.5) is 0 Å². The van der Waals surface area contributed by atoms with Gasteiger partial charge >= 0.3 is 0 Å². The van der Waals surface area contributed by atoms with E-state index < -0.39 is 5.54 Å². The lowest BCUT2D eigenvalue weighted by Crippen LogP contribution is -2.58. The summed E-state index contributed by atoms with van der Waals surface area (Å²) in [5.74, 6) is -0.0167. The molecule has 0 unspecified atom stereocenters. The highest BCUT2D eigenvalue weighted by molar-refractivity contribution is 5.87. The third-order valence-corrected chi connectivity index (χ3v) is 4.09. The van der Waals surface area contributed by atoms with Gasteiger partial charge in [-0.1, -0.05) is 24.3 Å². The molecule has 104 valence electrons. The molecule has 1 saturated carbocycles. The van der Waals surface area contributed by atoms with Crippen LogP contribution in [0.15, 0.2) is 36.5 Å². The molecule has 0 spiro atoms. The Morgan fingerprint density at radius 2 is 2.10 bits per heavy atom. The summed E-state index contributed by atoms with van der Waals surface area (Å²) in [5, 5.41) is 4.08. The van der Waals surface area contributed by atoms with Crippen LogP contribution in [0, 0.1) is 0 Å². The van der Waals surface area contributed by atoms with Gasteiger partial charge in [-0.2, -0.15) is 0 Å². The number of hydrogen-bond donors (Lipinski definition) is 2.